The lowest BCUT2D eigenvalue weighted by molar-refractivity contribution is -0.167. The van der Waals surface area contributed by atoms with Crippen molar-refractivity contribution in [3.63, 3.8) is 0 Å². The summed E-state index contributed by atoms with van der Waals surface area (Å²) in [7, 11) is 0. The van der Waals surface area contributed by atoms with E-state index in [1.54, 1.807) is 0 Å². The van der Waals surface area contributed by atoms with Crippen LogP contribution in [0.1, 0.15) is 329 Å². The van der Waals surface area contributed by atoms with E-state index in [0.717, 1.165) is 96.3 Å². The average molecular weight is 996 g/mol. The summed E-state index contributed by atoms with van der Waals surface area (Å²) < 4.78 is 16.9. The molecule has 0 aromatic rings. The normalized spacial score (nSPS) is 12.3. The van der Waals surface area contributed by atoms with E-state index in [0.29, 0.717) is 19.3 Å². The van der Waals surface area contributed by atoms with E-state index in [1.807, 2.05) is 0 Å². The van der Waals surface area contributed by atoms with Crippen LogP contribution in [0, 0.1) is 0 Å². The van der Waals surface area contributed by atoms with Crippen molar-refractivity contribution in [1.29, 1.82) is 0 Å². The highest BCUT2D eigenvalue weighted by Gasteiger charge is 2.19. The van der Waals surface area contributed by atoms with E-state index in [2.05, 4.69) is 69.4 Å². The highest BCUT2D eigenvalue weighted by Crippen LogP contribution is 2.17. The number of hydrogen-bond acceptors (Lipinski definition) is 6. The zero-order valence-corrected chi connectivity index (χ0v) is 47.5. The van der Waals surface area contributed by atoms with E-state index in [1.165, 1.54) is 193 Å². The molecule has 0 bridgehead atoms. The molecule has 0 aromatic heterocycles. The molecular weight excluding hydrogens is 877 g/mol. The molecule has 0 aliphatic carbocycles. The van der Waals surface area contributed by atoms with Gasteiger partial charge in [-0.2, -0.15) is 0 Å². The van der Waals surface area contributed by atoms with Crippen molar-refractivity contribution in [2.45, 2.75) is 335 Å². The summed E-state index contributed by atoms with van der Waals surface area (Å²) in [5.41, 5.74) is 0. The van der Waals surface area contributed by atoms with E-state index < -0.39 is 6.10 Å². The molecule has 0 saturated carbocycles. The number of carbonyl (C=O) groups is 3. The molecule has 0 aliphatic rings. The Morgan fingerprint density at radius 1 is 0.296 bits per heavy atom. The Kier molecular flexibility index (Phi) is 57.7. The van der Waals surface area contributed by atoms with Gasteiger partial charge in [-0.3, -0.25) is 14.4 Å². The summed E-state index contributed by atoms with van der Waals surface area (Å²) in [6.07, 6.45) is 74.1. The van der Waals surface area contributed by atoms with Gasteiger partial charge < -0.3 is 14.2 Å². The third kappa shape index (κ3) is 58.1. The number of carbonyl (C=O) groups excluding carboxylic acids is 3. The van der Waals surface area contributed by atoms with Gasteiger partial charge >= 0.3 is 17.9 Å². The maximum Gasteiger partial charge on any atom is 0.306 e. The molecule has 1 atom stereocenters. The molecule has 6 heteroatoms. The van der Waals surface area contributed by atoms with Crippen LogP contribution in [0.3, 0.4) is 0 Å². The smallest absolute Gasteiger partial charge is 0.306 e. The molecule has 0 N–H and O–H groups in total. The Morgan fingerprint density at radius 3 is 0.859 bits per heavy atom. The molecule has 0 aliphatic heterocycles. The highest BCUT2D eigenvalue weighted by molar-refractivity contribution is 5.71. The van der Waals surface area contributed by atoms with Crippen molar-refractivity contribution in [1.82, 2.24) is 0 Å². The van der Waals surface area contributed by atoms with Gasteiger partial charge in [-0.05, 0) is 57.8 Å². The first-order valence-corrected chi connectivity index (χ1v) is 31.1. The van der Waals surface area contributed by atoms with Crippen LogP contribution >= 0.6 is 0 Å². The summed E-state index contributed by atoms with van der Waals surface area (Å²) >= 11 is 0. The predicted molar refractivity (Wildman–Crippen MR) is 307 cm³/mol. The van der Waals surface area contributed by atoms with E-state index in [-0.39, 0.29) is 31.1 Å². The van der Waals surface area contributed by atoms with Gasteiger partial charge in [0.25, 0.3) is 0 Å². The lowest BCUT2D eigenvalue weighted by Gasteiger charge is -2.18. The molecule has 0 amide bonds. The monoisotopic (exact) mass is 995 g/mol. The first-order chi connectivity index (χ1) is 35.0. The van der Waals surface area contributed by atoms with Crippen molar-refractivity contribution in [2.75, 3.05) is 13.2 Å². The number of unbranched alkanes of at least 4 members (excludes halogenated alkanes) is 38. The number of ether oxygens (including phenoxy) is 3. The van der Waals surface area contributed by atoms with Gasteiger partial charge in [0.2, 0.25) is 0 Å². The molecule has 0 rings (SSSR count). The molecule has 71 heavy (non-hydrogen) atoms. The molecule has 0 radical (unpaired) electrons. The van der Waals surface area contributed by atoms with Gasteiger partial charge in [0, 0.05) is 19.3 Å². The second-order valence-corrected chi connectivity index (χ2v) is 21.0. The first kappa shape index (κ1) is 68.4. The fourth-order valence-corrected chi connectivity index (χ4v) is 9.20. The molecule has 0 spiro atoms. The summed E-state index contributed by atoms with van der Waals surface area (Å²) in [6, 6.07) is 0. The second-order valence-electron chi connectivity index (χ2n) is 21.0. The van der Waals surface area contributed by atoms with Crippen LogP contribution in [-0.4, -0.2) is 37.2 Å². The Hall–Kier alpha value is -2.63. The Labute approximate surface area is 441 Å². The third-order valence-corrected chi connectivity index (χ3v) is 13.8. The average Bonchev–Trinajstić information content (AvgIpc) is 3.37. The SMILES string of the molecule is CC/C=C\C/C=C\C/C=C\C/C=C\CCCCCCCCC(=O)OC(COC(=O)CCCCCCCCCCCC)COC(=O)CCCCCCCCCCCCCCCCCCCCCCCCCC. The van der Waals surface area contributed by atoms with Crippen LogP contribution in [0.4, 0.5) is 0 Å². The number of esters is 3. The quantitative estimate of drug-likeness (QED) is 0.0261. The van der Waals surface area contributed by atoms with Gasteiger partial charge in [-0.25, -0.2) is 0 Å². The number of allylic oxidation sites excluding steroid dienone is 8. The molecular formula is C65H118O6. The van der Waals surface area contributed by atoms with Crippen LogP contribution in [0.15, 0.2) is 48.6 Å². The standard InChI is InChI=1S/C65H118O6/c1-4-7-10-13-16-19-22-24-26-28-30-31-32-33-34-36-37-39-41-43-46-49-52-55-58-64(67)70-61-62(60-69-63(66)57-54-51-48-45-21-18-15-12-9-6-3)71-65(68)59-56-53-50-47-44-42-40-38-35-29-27-25-23-20-17-14-11-8-5-2/h8,11,17,20,25,27,35,38,62H,4-7,9-10,12-16,18-19,21-24,26,28-34,36-37,39-61H2,1-3H3/b11-8-,20-17-,27-25-,38-35-. The van der Waals surface area contributed by atoms with Crippen molar-refractivity contribution in [3.8, 4) is 0 Å². The molecule has 6 nitrogen and oxygen atoms in total. The zero-order valence-electron chi connectivity index (χ0n) is 47.5. The minimum atomic E-state index is -0.777. The Bertz CT molecular complexity index is 1230. The van der Waals surface area contributed by atoms with E-state index >= 15 is 0 Å². The summed E-state index contributed by atoms with van der Waals surface area (Å²) in [6.45, 7) is 6.55. The fraction of sp³-hybridized carbons (Fsp3) is 0.831. The topological polar surface area (TPSA) is 78.9 Å². The minimum Gasteiger partial charge on any atom is -0.462 e. The molecule has 0 heterocycles. The summed E-state index contributed by atoms with van der Waals surface area (Å²) in [4.78, 5) is 38.2. The van der Waals surface area contributed by atoms with Crippen molar-refractivity contribution in [2.24, 2.45) is 0 Å². The largest absolute Gasteiger partial charge is 0.462 e. The number of hydrogen-bond donors (Lipinski definition) is 0. The molecule has 414 valence electrons. The number of rotatable bonds is 57. The maximum absolute atomic E-state index is 12.9. The van der Waals surface area contributed by atoms with E-state index in [9.17, 15) is 14.4 Å². The van der Waals surface area contributed by atoms with Gasteiger partial charge in [0.1, 0.15) is 13.2 Å². The minimum absolute atomic E-state index is 0.0746. The molecule has 0 saturated heterocycles. The maximum atomic E-state index is 12.9. The van der Waals surface area contributed by atoms with Crippen LogP contribution in [-0.2, 0) is 28.6 Å². The fourth-order valence-electron chi connectivity index (χ4n) is 9.20. The lowest BCUT2D eigenvalue weighted by Crippen LogP contribution is -2.30. The van der Waals surface area contributed by atoms with Crippen molar-refractivity contribution >= 4 is 17.9 Å². The highest BCUT2D eigenvalue weighted by atomic mass is 16.6. The molecule has 0 aromatic carbocycles. The molecule has 1 unspecified atom stereocenters. The third-order valence-electron chi connectivity index (χ3n) is 13.8. The van der Waals surface area contributed by atoms with Crippen molar-refractivity contribution < 1.29 is 28.6 Å². The van der Waals surface area contributed by atoms with Crippen LogP contribution in [0.25, 0.3) is 0 Å². The predicted octanol–water partition coefficient (Wildman–Crippen LogP) is 21.0. The van der Waals surface area contributed by atoms with Gasteiger partial charge in [-0.1, -0.05) is 301 Å². The van der Waals surface area contributed by atoms with Crippen LogP contribution in [0.2, 0.25) is 0 Å². The van der Waals surface area contributed by atoms with Crippen LogP contribution in [0.5, 0.6) is 0 Å². The van der Waals surface area contributed by atoms with Gasteiger partial charge in [0.05, 0.1) is 0 Å². The first-order valence-electron chi connectivity index (χ1n) is 31.1. The summed E-state index contributed by atoms with van der Waals surface area (Å²) in [5, 5.41) is 0. The zero-order chi connectivity index (χ0) is 51.4. The summed E-state index contributed by atoms with van der Waals surface area (Å²) in [5.74, 6) is -0.871. The second kappa shape index (κ2) is 59.9. The lowest BCUT2D eigenvalue weighted by atomic mass is 10.0. The van der Waals surface area contributed by atoms with Gasteiger partial charge in [0.15, 0.2) is 6.10 Å². The Balaban J connectivity index is 4.22. The van der Waals surface area contributed by atoms with Crippen LogP contribution < -0.4 is 0 Å². The Morgan fingerprint density at radius 2 is 0.549 bits per heavy atom. The van der Waals surface area contributed by atoms with E-state index in [4.69, 9.17) is 14.2 Å². The molecule has 0 fully saturated rings. The van der Waals surface area contributed by atoms with Gasteiger partial charge in [-0.15, -0.1) is 0 Å². The van der Waals surface area contributed by atoms with Crippen molar-refractivity contribution in [3.05, 3.63) is 48.6 Å².